The zero-order chi connectivity index (χ0) is 13.4. The van der Waals surface area contributed by atoms with E-state index in [9.17, 15) is 0 Å². The summed E-state index contributed by atoms with van der Waals surface area (Å²) < 4.78 is 0. The van der Waals surface area contributed by atoms with Gasteiger partial charge >= 0.3 is 0 Å². The topological polar surface area (TPSA) is 32.3 Å². The van der Waals surface area contributed by atoms with Crippen LogP contribution in [0.15, 0.2) is 24.3 Å². The van der Waals surface area contributed by atoms with Crippen LogP contribution in [-0.2, 0) is 6.42 Å². The molecule has 0 fully saturated rings. The molecule has 18 heavy (non-hydrogen) atoms. The minimum absolute atomic E-state index is 0.261. The van der Waals surface area contributed by atoms with Gasteiger partial charge in [-0.2, -0.15) is 0 Å². The van der Waals surface area contributed by atoms with E-state index in [1.807, 2.05) is 0 Å². The van der Waals surface area contributed by atoms with Crippen molar-refractivity contribution in [1.29, 1.82) is 0 Å². The van der Waals surface area contributed by atoms with Crippen LogP contribution >= 0.6 is 0 Å². The molecule has 1 aromatic carbocycles. The number of nitrogens with one attached hydrogen (secondary N) is 1. The third-order valence-corrected chi connectivity index (χ3v) is 3.61. The first-order valence-corrected chi connectivity index (χ1v) is 7.20. The summed E-state index contributed by atoms with van der Waals surface area (Å²) in [6.07, 6.45) is 4.06. The number of benzene rings is 1. The van der Waals surface area contributed by atoms with Crippen LogP contribution in [0.3, 0.4) is 0 Å². The Balaban J connectivity index is 2.68. The van der Waals surface area contributed by atoms with Gasteiger partial charge in [0, 0.05) is 18.7 Å². The van der Waals surface area contributed by atoms with Gasteiger partial charge in [-0.25, -0.2) is 0 Å². The Kier molecular flexibility index (Phi) is 6.99. The van der Waals surface area contributed by atoms with E-state index in [0.29, 0.717) is 12.1 Å². The molecule has 0 aliphatic carbocycles. The number of rotatable bonds is 8. The highest BCUT2D eigenvalue weighted by Crippen LogP contribution is 2.19. The summed E-state index contributed by atoms with van der Waals surface area (Å²) in [5, 5.41) is 12.7. The van der Waals surface area contributed by atoms with Gasteiger partial charge in [0.1, 0.15) is 0 Å². The Bertz CT molecular complexity index is 320. The van der Waals surface area contributed by atoms with Crippen molar-refractivity contribution in [1.82, 2.24) is 5.32 Å². The maximum Gasteiger partial charge on any atom is 0.0445 e. The Hall–Kier alpha value is -0.860. The molecular formula is C16H27NO. The van der Waals surface area contributed by atoms with Gasteiger partial charge < -0.3 is 10.4 Å². The summed E-state index contributed by atoms with van der Waals surface area (Å²) >= 11 is 0. The second-order valence-corrected chi connectivity index (χ2v) is 4.84. The van der Waals surface area contributed by atoms with Crippen molar-refractivity contribution in [3.63, 3.8) is 0 Å². The maximum absolute atomic E-state index is 9.05. The van der Waals surface area contributed by atoms with Crippen LogP contribution in [0.2, 0.25) is 0 Å². The molecule has 2 N–H and O–H groups in total. The SMILES string of the molecule is CCc1ccc(C(CC)NC(CC)CCO)cc1. The number of hydrogen-bond acceptors (Lipinski definition) is 2. The fraction of sp³-hybridized carbons (Fsp3) is 0.625. The predicted octanol–water partition coefficient (Wildman–Crippen LogP) is 3.45. The fourth-order valence-electron chi connectivity index (χ4n) is 2.28. The van der Waals surface area contributed by atoms with Crippen LogP contribution in [0.5, 0.6) is 0 Å². The normalized spacial score (nSPS) is 14.4. The molecule has 0 bridgehead atoms. The van der Waals surface area contributed by atoms with Crippen LogP contribution in [0.25, 0.3) is 0 Å². The van der Waals surface area contributed by atoms with E-state index in [0.717, 1.165) is 25.7 Å². The second-order valence-electron chi connectivity index (χ2n) is 4.84. The molecule has 0 heterocycles. The summed E-state index contributed by atoms with van der Waals surface area (Å²) in [7, 11) is 0. The highest BCUT2D eigenvalue weighted by Gasteiger charge is 2.13. The van der Waals surface area contributed by atoms with Gasteiger partial charge in [-0.3, -0.25) is 0 Å². The number of aryl methyl sites for hydroxylation is 1. The van der Waals surface area contributed by atoms with Crippen molar-refractivity contribution in [3.05, 3.63) is 35.4 Å². The van der Waals surface area contributed by atoms with E-state index in [4.69, 9.17) is 5.11 Å². The third kappa shape index (κ3) is 4.43. The lowest BCUT2D eigenvalue weighted by Gasteiger charge is -2.24. The quantitative estimate of drug-likeness (QED) is 0.739. The molecule has 2 nitrogen and oxygen atoms in total. The van der Waals surface area contributed by atoms with Crippen molar-refractivity contribution in [2.75, 3.05) is 6.61 Å². The van der Waals surface area contributed by atoms with Gasteiger partial charge in [-0.1, -0.05) is 45.0 Å². The maximum atomic E-state index is 9.05. The zero-order valence-corrected chi connectivity index (χ0v) is 11.9. The van der Waals surface area contributed by atoms with E-state index >= 15 is 0 Å². The van der Waals surface area contributed by atoms with E-state index in [1.165, 1.54) is 11.1 Å². The van der Waals surface area contributed by atoms with Crippen molar-refractivity contribution < 1.29 is 5.11 Å². The van der Waals surface area contributed by atoms with Crippen molar-refractivity contribution >= 4 is 0 Å². The summed E-state index contributed by atoms with van der Waals surface area (Å²) in [6, 6.07) is 9.69. The summed E-state index contributed by atoms with van der Waals surface area (Å²) in [6.45, 7) is 6.81. The first kappa shape index (κ1) is 15.2. The standard InChI is InChI=1S/C16H27NO/c1-4-13-7-9-14(10-8-13)16(6-3)17-15(5-2)11-12-18/h7-10,15-18H,4-6,11-12H2,1-3H3. The van der Waals surface area contributed by atoms with Gasteiger partial charge in [0.2, 0.25) is 0 Å². The lowest BCUT2D eigenvalue weighted by Crippen LogP contribution is -2.33. The van der Waals surface area contributed by atoms with Gasteiger partial charge in [0.25, 0.3) is 0 Å². The second kappa shape index (κ2) is 8.28. The van der Waals surface area contributed by atoms with Crippen molar-refractivity contribution in [2.45, 2.75) is 58.5 Å². The minimum atomic E-state index is 0.261. The number of aliphatic hydroxyl groups is 1. The Morgan fingerprint density at radius 1 is 1.06 bits per heavy atom. The first-order valence-electron chi connectivity index (χ1n) is 7.20. The molecule has 0 aliphatic heterocycles. The monoisotopic (exact) mass is 249 g/mol. The number of hydrogen-bond donors (Lipinski definition) is 2. The minimum Gasteiger partial charge on any atom is -0.396 e. The zero-order valence-electron chi connectivity index (χ0n) is 11.9. The van der Waals surface area contributed by atoms with Gasteiger partial charge in [0.05, 0.1) is 0 Å². The lowest BCUT2D eigenvalue weighted by molar-refractivity contribution is 0.254. The van der Waals surface area contributed by atoms with Crippen LogP contribution in [-0.4, -0.2) is 17.8 Å². The molecule has 2 unspecified atom stereocenters. The van der Waals surface area contributed by atoms with Gasteiger partial charge in [-0.15, -0.1) is 0 Å². The Morgan fingerprint density at radius 2 is 1.72 bits per heavy atom. The molecule has 0 saturated heterocycles. The van der Waals surface area contributed by atoms with E-state index in [-0.39, 0.29) is 6.61 Å². The summed E-state index contributed by atoms with van der Waals surface area (Å²) in [5.41, 5.74) is 2.74. The number of aliphatic hydroxyl groups excluding tert-OH is 1. The molecule has 1 aromatic rings. The molecule has 0 aromatic heterocycles. The Morgan fingerprint density at radius 3 is 2.17 bits per heavy atom. The van der Waals surface area contributed by atoms with Crippen LogP contribution in [0, 0.1) is 0 Å². The summed E-state index contributed by atoms with van der Waals surface area (Å²) in [5.74, 6) is 0. The highest BCUT2D eigenvalue weighted by atomic mass is 16.3. The molecule has 0 spiro atoms. The lowest BCUT2D eigenvalue weighted by atomic mass is 10.00. The third-order valence-electron chi connectivity index (χ3n) is 3.61. The molecule has 102 valence electrons. The average molecular weight is 249 g/mol. The van der Waals surface area contributed by atoms with Crippen LogP contribution in [0.4, 0.5) is 0 Å². The Labute approximate surface area is 111 Å². The smallest absolute Gasteiger partial charge is 0.0445 e. The molecular weight excluding hydrogens is 222 g/mol. The van der Waals surface area contributed by atoms with Gasteiger partial charge in [0.15, 0.2) is 0 Å². The molecule has 0 radical (unpaired) electrons. The van der Waals surface area contributed by atoms with Crippen LogP contribution in [0.1, 0.15) is 57.2 Å². The van der Waals surface area contributed by atoms with Crippen molar-refractivity contribution in [3.8, 4) is 0 Å². The molecule has 0 aliphatic rings. The first-order chi connectivity index (χ1) is 8.74. The van der Waals surface area contributed by atoms with E-state index in [2.05, 4.69) is 50.4 Å². The molecule has 0 saturated carbocycles. The largest absolute Gasteiger partial charge is 0.396 e. The van der Waals surface area contributed by atoms with E-state index in [1.54, 1.807) is 0 Å². The molecule has 2 atom stereocenters. The predicted molar refractivity (Wildman–Crippen MR) is 77.8 cm³/mol. The van der Waals surface area contributed by atoms with Crippen LogP contribution < -0.4 is 5.32 Å². The highest BCUT2D eigenvalue weighted by molar-refractivity contribution is 5.25. The molecule has 1 rings (SSSR count). The fourth-order valence-corrected chi connectivity index (χ4v) is 2.28. The molecule has 0 amide bonds. The summed E-state index contributed by atoms with van der Waals surface area (Å²) in [4.78, 5) is 0. The molecule has 2 heteroatoms. The van der Waals surface area contributed by atoms with E-state index < -0.39 is 0 Å². The van der Waals surface area contributed by atoms with Crippen molar-refractivity contribution in [2.24, 2.45) is 0 Å². The van der Waals surface area contributed by atoms with Gasteiger partial charge in [-0.05, 0) is 36.8 Å². The average Bonchev–Trinajstić information content (AvgIpc) is 2.43.